The van der Waals surface area contributed by atoms with E-state index in [9.17, 15) is 17.2 Å². The van der Waals surface area contributed by atoms with Gasteiger partial charge in [-0.3, -0.25) is 4.31 Å². The van der Waals surface area contributed by atoms with Gasteiger partial charge in [0, 0.05) is 23.6 Å². The van der Waals surface area contributed by atoms with E-state index in [1.54, 1.807) is 17.1 Å². The van der Waals surface area contributed by atoms with Gasteiger partial charge in [-0.25, -0.2) is 17.2 Å². The van der Waals surface area contributed by atoms with Crippen LogP contribution in [0.5, 0.6) is 0 Å². The molecule has 0 aliphatic rings. The Balaban J connectivity index is 1.68. The zero-order chi connectivity index (χ0) is 22.2. The van der Waals surface area contributed by atoms with Gasteiger partial charge in [0.25, 0.3) is 15.9 Å². The molecule has 4 rings (SSSR count). The van der Waals surface area contributed by atoms with Crippen LogP contribution in [0.25, 0.3) is 22.2 Å². The monoisotopic (exact) mass is 479 g/mol. The highest BCUT2D eigenvalue weighted by Gasteiger charge is 2.29. The van der Waals surface area contributed by atoms with Crippen molar-refractivity contribution in [1.29, 1.82) is 0 Å². The molecule has 0 aliphatic carbocycles. The fraction of sp³-hybridized carbons (Fsp3) is 0.100. The first-order chi connectivity index (χ1) is 14.8. The molecule has 160 valence electrons. The number of anilines is 1. The van der Waals surface area contributed by atoms with E-state index in [-0.39, 0.29) is 21.4 Å². The van der Waals surface area contributed by atoms with Crippen LogP contribution in [0.4, 0.5) is 14.5 Å². The third kappa shape index (κ3) is 4.08. The lowest BCUT2D eigenvalue weighted by atomic mass is 10.2. The quantitative estimate of drug-likeness (QED) is 0.350. The van der Waals surface area contributed by atoms with Crippen LogP contribution in [0.2, 0.25) is 0 Å². The van der Waals surface area contributed by atoms with Crippen molar-refractivity contribution in [3.05, 3.63) is 65.5 Å². The molecule has 31 heavy (non-hydrogen) atoms. The summed E-state index contributed by atoms with van der Waals surface area (Å²) in [6.45, 7) is 0. The van der Waals surface area contributed by atoms with Gasteiger partial charge in [0.05, 0.1) is 5.69 Å². The predicted octanol–water partition coefficient (Wildman–Crippen LogP) is 5.29. The van der Waals surface area contributed by atoms with Gasteiger partial charge in [-0.15, -0.1) is 23.1 Å². The lowest BCUT2D eigenvalue weighted by Crippen LogP contribution is -2.26. The maximum absolute atomic E-state index is 13.6. The SMILES string of the molecule is CSc1ccc(-c2noc(-c3sccc3S(=O)(=O)N(C)c3ccc(F)c(F)c3)n2)cc1. The standard InChI is InChI=1S/C20H15F2N3O3S3/c1-25(13-5-8-15(21)16(22)11-13)31(26,27)17-9-10-30-18(17)20-23-19(24-28-20)12-3-6-14(29-2)7-4-12/h3-11H,1-2H3. The van der Waals surface area contributed by atoms with E-state index in [2.05, 4.69) is 10.1 Å². The third-order valence-corrected chi connectivity index (χ3v) is 8.11. The molecule has 0 bridgehead atoms. The Bertz CT molecular complexity index is 1340. The molecule has 4 aromatic rings. The number of hydrogen-bond acceptors (Lipinski definition) is 7. The van der Waals surface area contributed by atoms with Crippen LogP contribution in [0.15, 0.2) is 68.2 Å². The Morgan fingerprint density at radius 3 is 2.48 bits per heavy atom. The number of nitrogens with zero attached hydrogens (tertiary/aromatic N) is 3. The summed E-state index contributed by atoms with van der Waals surface area (Å²) in [5.74, 6) is -1.82. The smallest absolute Gasteiger partial charge is 0.269 e. The number of halogens is 2. The Morgan fingerprint density at radius 1 is 1.06 bits per heavy atom. The Morgan fingerprint density at radius 2 is 1.81 bits per heavy atom. The van der Waals surface area contributed by atoms with Crippen molar-refractivity contribution in [2.75, 3.05) is 17.6 Å². The van der Waals surface area contributed by atoms with Gasteiger partial charge in [-0.1, -0.05) is 5.16 Å². The summed E-state index contributed by atoms with van der Waals surface area (Å²) < 4.78 is 59.3. The normalized spacial score (nSPS) is 11.6. The summed E-state index contributed by atoms with van der Waals surface area (Å²) >= 11 is 2.73. The molecule has 0 radical (unpaired) electrons. The maximum Gasteiger partial charge on any atom is 0.269 e. The van der Waals surface area contributed by atoms with Crippen LogP contribution in [0.3, 0.4) is 0 Å². The molecule has 0 amide bonds. The van der Waals surface area contributed by atoms with Crippen molar-refractivity contribution in [3.63, 3.8) is 0 Å². The number of thioether (sulfide) groups is 1. The number of thiophene rings is 1. The molecular formula is C20H15F2N3O3S3. The number of sulfonamides is 1. The van der Waals surface area contributed by atoms with Crippen molar-refractivity contribution in [2.24, 2.45) is 0 Å². The van der Waals surface area contributed by atoms with Gasteiger partial charge in [-0.05, 0) is 54.1 Å². The van der Waals surface area contributed by atoms with Gasteiger partial charge in [0.1, 0.15) is 9.77 Å². The largest absolute Gasteiger partial charge is 0.333 e. The van der Waals surface area contributed by atoms with Crippen LogP contribution in [-0.4, -0.2) is 31.9 Å². The van der Waals surface area contributed by atoms with E-state index in [0.29, 0.717) is 5.82 Å². The second-order valence-corrected chi connectivity index (χ2v) is 10.1. The van der Waals surface area contributed by atoms with E-state index in [0.717, 1.165) is 38.2 Å². The molecule has 6 nitrogen and oxygen atoms in total. The molecule has 0 atom stereocenters. The average Bonchev–Trinajstić information content (AvgIpc) is 3.45. The van der Waals surface area contributed by atoms with Gasteiger partial charge < -0.3 is 4.52 Å². The molecule has 0 spiro atoms. The molecule has 0 saturated heterocycles. The summed E-state index contributed by atoms with van der Waals surface area (Å²) in [7, 11) is -2.84. The van der Waals surface area contributed by atoms with E-state index >= 15 is 0 Å². The van der Waals surface area contributed by atoms with Crippen LogP contribution in [0.1, 0.15) is 0 Å². The molecule has 2 aromatic heterocycles. The predicted molar refractivity (Wildman–Crippen MR) is 117 cm³/mol. The first-order valence-electron chi connectivity index (χ1n) is 8.81. The highest BCUT2D eigenvalue weighted by atomic mass is 32.2. The first-order valence-corrected chi connectivity index (χ1v) is 12.4. The fourth-order valence-corrected chi connectivity index (χ4v) is 5.71. The maximum atomic E-state index is 13.6. The highest BCUT2D eigenvalue weighted by molar-refractivity contribution is 7.98. The summed E-state index contributed by atoms with van der Waals surface area (Å²) in [4.78, 5) is 5.61. The van der Waals surface area contributed by atoms with Gasteiger partial charge in [0.2, 0.25) is 5.82 Å². The van der Waals surface area contributed by atoms with Crippen molar-refractivity contribution in [3.8, 4) is 22.2 Å². The van der Waals surface area contributed by atoms with E-state index in [1.165, 1.54) is 19.2 Å². The molecule has 0 saturated carbocycles. The lowest BCUT2D eigenvalue weighted by molar-refractivity contribution is 0.432. The Kier molecular flexibility index (Phi) is 5.82. The zero-order valence-corrected chi connectivity index (χ0v) is 18.7. The van der Waals surface area contributed by atoms with Crippen molar-refractivity contribution < 1.29 is 21.7 Å². The van der Waals surface area contributed by atoms with Crippen LogP contribution < -0.4 is 4.31 Å². The molecule has 0 N–H and O–H groups in total. The summed E-state index contributed by atoms with van der Waals surface area (Å²) in [6.07, 6.45) is 1.97. The number of rotatable bonds is 6. The molecule has 0 fully saturated rings. The first kappa shape index (κ1) is 21.5. The molecule has 11 heteroatoms. The number of aromatic nitrogens is 2. The Labute approximate surface area is 185 Å². The summed E-state index contributed by atoms with van der Waals surface area (Å²) in [5, 5.41) is 5.54. The van der Waals surface area contributed by atoms with Crippen molar-refractivity contribution in [1.82, 2.24) is 10.1 Å². The molecule has 2 heterocycles. The van der Waals surface area contributed by atoms with E-state index < -0.39 is 21.7 Å². The molecule has 0 unspecified atom stereocenters. The summed E-state index contributed by atoms with van der Waals surface area (Å²) in [5.41, 5.74) is 0.712. The topological polar surface area (TPSA) is 76.3 Å². The number of hydrogen-bond donors (Lipinski definition) is 0. The van der Waals surface area contributed by atoms with Gasteiger partial charge >= 0.3 is 0 Å². The van der Waals surface area contributed by atoms with Crippen LogP contribution in [-0.2, 0) is 10.0 Å². The minimum atomic E-state index is -4.10. The summed E-state index contributed by atoms with van der Waals surface area (Å²) in [6, 6.07) is 11.8. The van der Waals surface area contributed by atoms with Gasteiger partial charge in [-0.2, -0.15) is 4.98 Å². The highest BCUT2D eigenvalue weighted by Crippen LogP contribution is 2.35. The fourth-order valence-electron chi connectivity index (χ4n) is 2.80. The van der Waals surface area contributed by atoms with Crippen molar-refractivity contribution in [2.45, 2.75) is 9.79 Å². The van der Waals surface area contributed by atoms with Crippen LogP contribution in [0, 0.1) is 11.6 Å². The minimum absolute atomic E-state index is 0.0175. The second kappa shape index (κ2) is 8.40. The van der Waals surface area contributed by atoms with Crippen molar-refractivity contribution >= 4 is 38.8 Å². The van der Waals surface area contributed by atoms with E-state index in [1.807, 2.05) is 30.5 Å². The zero-order valence-electron chi connectivity index (χ0n) is 16.2. The van der Waals surface area contributed by atoms with E-state index in [4.69, 9.17) is 4.52 Å². The van der Waals surface area contributed by atoms with Crippen LogP contribution >= 0.6 is 23.1 Å². The third-order valence-electron chi connectivity index (χ3n) is 4.50. The molecule has 2 aromatic carbocycles. The second-order valence-electron chi connectivity index (χ2n) is 6.34. The lowest BCUT2D eigenvalue weighted by Gasteiger charge is -2.19. The average molecular weight is 480 g/mol. The number of benzene rings is 2. The van der Waals surface area contributed by atoms with Gasteiger partial charge in [0.15, 0.2) is 11.6 Å². The molecular weight excluding hydrogens is 464 g/mol. The minimum Gasteiger partial charge on any atom is -0.333 e. The Hall–Kier alpha value is -2.76. The molecule has 0 aliphatic heterocycles.